The number of hydrogen-bond donors (Lipinski definition) is 2. The van der Waals surface area contributed by atoms with Crippen LogP contribution in [0.25, 0.3) is 0 Å². The van der Waals surface area contributed by atoms with Gasteiger partial charge in [0.05, 0.1) is 0 Å². The summed E-state index contributed by atoms with van der Waals surface area (Å²) in [5.74, 6) is -0.370. The van der Waals surface area contributed by atoms with Crippen LogP contribution in [-0.2, 0) is 0 Å². The van der Waals surface area contributed by atoms with Crippen molar-refractivity contribution in [1.29, 1.82) is 0 Å². The summed E-state index contributed by atoms with van der Waals surface area (Å²) in [6.45, 7) is 0. The van der Waals surface area contributed by atoms with Crippen molar-refractivity contribution in [3.8, 4) is 0 Å². The van der Waals surface area contributed by atoms with E-state index >= 15 is 0 Å². The van der Waals surface area contributed by atoms with E-state index in [-0.39, 0.29) is 11.0 Å². The standard InChI is InChI=1S/C9H6Cl2N4OS/c10-5-1-4(2-6(11)3-5)7(16)13-9-15-14-8(12)17-9/h1-3H,(H2,12,14)(H,13,15,16). The molecule has 2 rings (SSSR count). The molecule has 3 N–H and O–H groups in total. The number of hydrogen-bond acceptors (Lipinski definition) is 5. The monoisotopic (exact) mass is 288 g/mol. The van der Waals surface area contributed by atoms with Crippen LogP contribution in [0.1, 0.15) is 10.4 Å². The molecule has 1 heterocycles. The van der Waals surface area contributed by atoms with Crippen molar-refractivity contribution >= 4 is 50.7 Å². The molecule has 0 unspecified atom stereocenters. The highest BCUT2D eigenvalue weighted by Gasteiger charge is 2.10. The number of halogens is 2. The highest BCUT2D eigenvalue weighted by Crippen LogP contribution is 2.21. The molecule has 1 amide bonds. The molecule has 0 radical (unpaired) electrons. The van der Waals surface area contributed by atoms with Gasteiger partial charge in [-0.15, -0.1) is 10.2 Å². The van der Waals surface area contributed by atoms with Gasteiger partial charge in [-0.25, -0.2) is 0 Å². The van der Waals surface area contributed by atoms with Crippen LogP contribution >= 0.6 is 34.5 Å². The first kappa shape index (κ1) is 12.1. The van der Waals surface area contributed by atoms with Crippen molar-refractivity contribution in [2.45, 2.75) is 0 Å². The van der Waals surface area contributed by atoms with Gasteiger partial charge in [0, 0.05) is 15.6 Å². The first-order valence-corrected chi connectivity index (χ1v) is 5.98. The third kappa shape index (κ3) is 3.06. The maximum atomic E-state index is 11.8. The van der Waals surface area contributed by atoms with Crippen molar-refractivity contribution in [2.24, 2.45) is 0 Å². The maximum Gasteiger partial charge on any atom is 0.257 e. The molecule has 17 heavy (non-hydrogen) atoms. The molecule has 0 aliphatic rings. The predicted octanol–water partition coefficient (Wildman–Crippen LogP) is 2.68. The molecule has 0 spiro atoms. The van der Waals surface area contributed by atoms with Crippen molar-refractivity contribution in [3.63, 3.8) is 0 Å². The van der Waals surface area contributed by atoms with E-state index in [0.717, 1.165) is 11.3 Å². The number of benzene rings is 1. The Bertz CT molecular complexity index is 552. The molecule has 0 aliphatic heterocycles. The van der Waals surface area contributed by atoms with Crippen LogP contribution in [0.15, 0.2) is 18.2 Å². The fraction of sp³-hybridized carbons (Fsp3) is 0. The molecule has 2 aromatic rings. The average Bonchev–Trinajstić information content (AvgIpc) is 2.62. The smallest absolute Gasteiger partial charge is 0.257 e. The Morgan fingerprint density at radius 2 is 1.88 bits per heavy atom. The summed E-state index contributed by atoms with van der Waals surface area (Å²) in [6, 6.07) is 4.56. The van der Waals surface area contributed by atoms with Crippen LogP contribution < -0.4 is 11.1 Å². The number of aromatic nitrogens is 2. The Morgan fingerprint density at radius 3 is 2.41 bits per heavy atom. The van der Waals surface area contributed by atoms with Crippen LogP contribution in [0.5, 0.6) is 0 Å². The number of nitrogen functional groups attached to an aromatic ring is 1. The second-order valence-electron chi connectivity index (χ2n) is 3.06. The van der Waals surface area contributed by atoms with Crippen LogP contribution in [-0.4, -0.2) is 16.1 Å². The van der Waals surface area contributed by atoms with Crippen molar-refractivity contribution in [2.75, 3.05) is 11.1 Å². The molecule has 0 fully saturated rings. The molecule has 8 heteroatoms. The Hall–Kier alpha value is -1.37. The van der Waals surface area contributed by atoms with E-state index in [1.807, 2.05) is 0 Å². The van der Waals surface area contributed by atoms with Crippen molar-refractivity contribution in [1.82, 2.24) is 10.2 Å². The van der Waals surface area contributed by atoms with E-state index in [0.29, 0.717) is 20.7 Å². The number of anilines is 2. The fourth-order valence-corrected chi connectivity index (χ4v) is 2.17. The van der Waals surface area contributed by atoms with Gasteiger partial charge in [0.1, 0.15) is 0 Å². The summed E-state index contributed by atoms with van der Waals surface area (Å²) in [4.78, 5) is 11.8. The normalized spacial score (nSPS) is 10.2. The molecule has 0 saturated carbocycles. The minimum atomic E-state index is -0.370. The molecular weight excluding hydrogens is 283 g/mol. The number of nitrogens with two attached hydrogens (primary N) is 1. The number of carbonyl (C=O) groups is 1. The van der Waals surface area contributed by atoms with E-state index in [4.69, 9.17) is 28.9 Å². The number of rotatable bonds is 2. The SMILES string of the molecule is Nc1nnc(NC(=O)c2cc(Cl)cc(Cl)c2)s1. The van der Waals surface area contributed by atoms with Gasteiger partial charge in [0.2, 0.25) is 10.3 Å². The molecular formula is C9H6Cl2N4OS. The number of carbonyl (C=O) groups excluding carboxylic acids is 1. The summed E-state index contributed by atoms with van der Waals surface area (Å²) in [6.07, 6.45) is 0. The minimum Gasteiger partial charge on any atom is -0.374 e. The van der Waals surface area contributed by atoms with Crippen LogP contribution in [0, 0.1) is 0 Å². The van der Waals surface area contributed by atoms with Gasteiger partial charge in [0.25, 0.3) is 5.91 Å². The molecule has 5 nitrogen and oxygen atoms in total. The van der Waals surface area contributed by atoms with Crippen LogP contribution in [0.4, 0.5) is 10.3 Å². The Labute approximate surface area is 111 Å². The quantitative estimate of drug-likeness (QED) is 0.890. The van der Waals surface area contributed by atoms with E-state index in [1.54, 1.807) is 6.07 Å². The first-order valence-electron chi connectivity index (χ1n) is 4.41. The van der Waals surface area contributed by atoms with Crippen LogP contribution in [0.2, 0.25) is 10.0 Å². The zero-order valence-electron chi connectivity index (χ0n) is 8.28. The maximum absolute atomic E-state index is 11.8. The Kier molecular flexibility index (Phi) is 3.46. The van der Waals surface area contributed by atoms with Crippen molar-refractivity contribution < 1.29 is 4.79 Å². The summed E-state index contributed by atoms with van der Waals surface area (Å²) in [5.41, 5.74) is 5.74. The molecule has 88 valence electrons. The zero-order valence-corrected chi connectivity index (χ0v) is 10.6. The average molecular weight is 289 g/mol. The summed E-state index contributed by atoms with van der Waals surface area (Å²) in [5, 5.41) is 11.2. The lowest BCUT2D eigenvalue weighted by Crippen LogP contribution is -2.11. The lowest BCUT2D eigenvalue weighted by atomic mass is 10.2. The van der Waals surface area contributed by atoms with E-state index < -0.39 is 0 Å². The fourth-order valence-electron chi connectivity index (χ4n) is 1.14. The zero-order chi connectivity index (χ0) is 12.4. The molecule has 1 aromatic heterocycles. The number of nitrogens with zero attached hydrogens (tertiary/aromatic N) is 2. The predicted molar refractivity (Wildman–Crippen MR) is 68.7 cm³/mol. The Morgan fingerprint density at radius 1 is 1.24 bits per heavy atom. The third-order valence-electron chi connectivity index (χ3n) is 1.79. The Balaban J connectivity index is 2.19. The lowest BCUT2D eigenvalue weighted by Gasteiger charge is -2.02. The first-order chi connectivity index (χ1) is 8.04. The van der Waals surface area contributed by atoms with Gasteiger partial charge in [-0.3, -0.25) is 10.1 Å². The van der Waals surface area contributed by atoms with E-state index in [2.05, 4.69) is 15.5 Å². The summed E-state index contributed by atoms with van der Waals surface area (Å²) in [7, 11) is 0. The second kappa shape index (κ2) is 4.87. The van der Waals surface area contributed by atoms with Gasteiger partial charge in [0.15, 0.2) is 0 Å². The second-order valence-corrected chi connectivity index (χ2v) is 4.94. The van der Waals surface area contributed by atoms with Gasteiger partial charge < -0.3 is 5.73 Å². The minimum absolute atomic E-state index is 0.282. The molecule has 1 aromatic carbocycles. The van der Waals surface area contributed by atoms with Gasteiger partial charge in [-0.2, -0.15) is 0 Å². The van der Waals surface area contributed by atoms with Crippen molar-refractivity contribution in [3.05, 3.63) is 33.8 Å². The summed E-state index contributed by atoms with van der Waals surface area (Å²) < 4.78 is 0. The molecule has 0 aliphatic carbocycles. The van der Waals surface area contributed by atoms with Gasteiger partial charge in [-0.05, 0) is 18.2 Å². The van der Waals surface area contributed by atoms with Crippen LogP contribution in [0.3, 0.4) is 0 Å². The third-order valence-corrected chi connectivity index (χ3v) is 2.89. The van der Waals surface area contributed by atoms with Gasteiger partial charge >= 0.3 is 0 Å². The number of nitrogens with one attached hydrogen (secondary N) is 1. The van der Waals surface area contributed by atoms with E-state index in [1.165, 1.54) is 12.1 Å². The number of amides is 1. The van der Waals surface area contributed by atoms with E-state index in [9.17, 15) is 4.79 Å². The summed E-state index contributed by atoms with van der Waals surface area (Å²) >= 11 is 12.7. The molecule has 0 atom stereocenters. The van der Waals surface area contributed by atoms with Gasteiger partial charge in [-0.1, -0.05) is 34.5 Å². The highest BCUT2D eigenvalue weighted by molar-refractivity contribution is 7.19. The largest absolute Gasteiger partial charge is 0.374 e. The highest BCUT2D eigenvalue weighted by atomic mass is 35.5. The topological polar surface area (TPSA) is 80.9 Å². The molecule has 0 bridgehead atoms. The lowest BCUT2D eigenvalue weighted by molar-refractivity contribution is 0.102. The molecule has 0 saturated heterocycles.